The van der Waals surface area contributed by atoms with Crippen LogP contribution >= 0.6 is 0 Å². The highest BCUT2D eigenvalue weighted by Gasteiger charge is 2.24. The zero-order chi connectivity index (χ0) is 26.8. The lowest BCUT2D eigenvalue weighted by molar-refractivity contribution is 0.0473. The van der Waals surface area contributed by atoms with E-state index in [1.54, 1.807) is 35.2 Å². The van der Waals surface area contributed by atoms with Crippen molar-refractivity contribution in [2.75, 3.05) is 20.2 Å². The number of hydrogen-bond acceptors (Lipinski definition) is 6. The Morgan fingerprint density at radius 2 is 1.79 bits per heavy atom. The summed E-state index contributed by atoms with van der Waals surface area (Å²) < 4.78 is 4.89. The van der Waals surface area contributed by atoms with Crippen molar-refractivity contribution in [2.45, 2.75) is 25.9 Å². The van der Waals surface area contributed by atoms with Crippen molar-refractivity contribution in [3.8, 4) is 5.88 Å². The summed E-state index contributed by atoms with van der Waals surface area (Å²) in [7, 11) is 1.33. The Balaban J connectivity index is 1.56. The summed E-state index contributed by atoms with van der Waals surface area (Å²) in [5.74, 6) is -0.640. The first kappa shape index (κ1) is 25.2. The van der Waals surface area contributed by atoms with Gasteiger partial charge in [-0.25, -0.2) is 9.79 Å². The molecule has 4 aromatic rings. The van der Waals surface area contributed by atoms with Crippen LogP contribution in [0.2, 0.25) is 0 Å². The fourth-order valence-electron chi connectivity index (χ4n) is 4.90. The highest BCUT2D eigenvalue weighted by atomic mass is 16.5. The van der Waals surface area contributed by atoms with Gasteiger partial charge in [-0.15, -0.1) is 0 Å². The molecule has 0 saturated carbocycles. The number of nitrogens with zero attached hydrogens (tertiary/aromatic N) is 2. The molecule has 3 aromatic carbocycles. The molecular formula is C30H29N3O5. The molecule has 0 spiro atoms. The second-order valence-corrected chi connectivity index (χ2v) is 9.47. The molecule has 1 fully saturated rings. The van der Waals surface area contributed by atoms with Crippen LogP contribution in [0.5, 0.6) is 5.88 Å². The number of H-pyrrole nitrogens is 1. The van der Waals surface area contributed by atoms with E-state index in [0.29, 0.717) is 64.1 Å². The number of carbonyl (C=O) groups excluding carboxylic acids is 2. The zero-order valence-electron chi connectivity index (χ0n) is 21.3. The highest BCUT2D eigenvalue weighted by molar-refractivity contribution is 6.22. The van der Waals surface area contributed by atoms with Gasteiger partial charge in [-0.05, 0) is 61.7 Å². The third kappa shape index (κ3) is 4.90. The summed E-state index contributed by atoms with van der Waals surface area (Å²) in [5, 5.41) is 21.6. The Hall–Kier alpha value is -4.43. The summed E-state index contributed by atoms with van der Waals surface area (Å²) in [6, 6.07) is 20.0. The molecule has 3 N–H and O–H groups in total. The van der Waals surface area contributed by atoms with Gasteiger partial charge in [-0.2, -0.15) is 0 Å². The predicted molar refractivity (Wildman–Crippen MR) is 145 cm³/mol. The minimum atomic E-state index is -0.485. The van der Waals surface area contributed by atoms with Gasteiger partial charge < -0.3 is 24.8 Å². The topological polar surface area (TPSA) is 115 Å². The van der Waals surface area contributed by atoms with Gasteiger partial charge >= 0.3 is 5.97 Å². The van der Waals surface area contributed by atoms with Crippen molar-refractivity contribution in [3.05, 3.63) is 94.5 Å². The van der Waals surface area contributed by atoms with E-state index in [0.717, 1.165) is 12.0 Å². The number of carbonyl (C=O) groups is 2. The van der Waals surface area contributed by atoms with Gasteiger partial charge in [0.15, 0.2) is 5.88 Å². The number of aromatic nitrogens is 1. The molecule has 0 aliphatic carbocycles. The van der Waals surface area contributed by atoms with E-state index in [9.17, 15) is 19.8 Å². The van der Waals surface area contributed by atoms with Crippen LogP contribution in [0.15, 0.2) is 71.7 Å². The lowest BCUT2D eigenvalue weighted by Crippen LogP contribution is -2.42. The normalized spacial score (nSPS) is 16.0. The fourth-order valence-corrected chi connectivity index (χ4v) is 4.90. The standard InChI is InChI=1S/C30H29N3O5/c1-18-15-24-25(16-23(18)30(37)38-2)32-28(35)26(24)27(19-7-4-3-5-8-19)31-21-12-10-20(11-13-21)29(36)33-14-6-9-22(34)17-33/h3-5,7-8,10-13,15-16,22,32,34-35H,6,9,14,17H2,1-2H3. The first-order chi connectivity index (χ1) is 18.4. The van der Waals surface area contributed by atoms with Crippen molar-refractivity contribution in [1.82, 2.24) is 9.88 Å². The number of β-amino-alcohol motifs (C(OH)–C–C–N with tert-alkyl or cyclic N) is 1. The second kappa shape index (κ2) is 10.5. The molecule has 5 rings (SSSR count). The molecule has 2 heterocycles. The minimum Gasteiger partial charge on any atom is -0.494 e. The van der Waals surface area contributed by atoms with E-state index in [-0.39, 0.29) is 11.8 Å². The van der Waals surface area contributed by atoms with Gasteiger partial charge in [0.25, 0.3) is 5.91 Å². The summed E-state index contributed by atoms with van der Waals surface area (Å²) in [5.41, 5.74) is 4.68. The molecule has 0 bridgehead atoms. The highest BCUT2D eigenvalue weighted by Crippen LogP contribution is 2.33. The number of amides is 1. The number of hydrogen-bond donors (Lipinski definition) is 3. The van der Waals surface area contributed by atoms with Crippen molar-refractivity contribution in [2.24, 2.45) is 4.99 Å². The molecule has 1 atom stereocenters. The van der Waals surface area contributed by atoms with Crippen molar-refractivity contribution < 1.29 is 24.5 Å². The van der Waals surface area contributed by atoms with Crippen LogP contribution < -0.4 is 0 Å². The third-order valence-corrected chi connectivity index (χ3v) is 6.85. The molecule has 1 aliphatic heterocycles. The first-order valence-corrected chi connectivity index (χ1v) is 12.5. The first-order valence-electron chi connectivity index (χ1n) is 12.5. The second-order valence-electron chi connectivity index (χ2n) is 9.47. The van der Waals surface area contributed by atoms with E-state index < -0.39 is 12.1 Å². The monoisotopic (exact) mass is 511 g/mol. The number of likely N-dealkylation sites (tertiary alicyclic amines) is 1. The molecule has 1 unspecified atom stereocenters. The summed E-state index contributed by atoms with van der Waals surface area (Å²) in [6.45, 7) is 2.79. The van der Waals surface area contributed by atoms with Gasteiger partial charge in [0.2, 0.25) is 0 Å². The van der Waals surface area contributed by atoms with Gasteiger partial charge in [0.05, 0.1) is 35.7 Å². The number of aliphatic hydroxyl groups excluding tert-OH is 1. The summed E-state index contributed by atoms with van der Waals surface area (Å²) in [4.78, 5) is 34.7. The minimum absolute atomic E-state index is 0.0699. The fraction of sp³-hybridized carbons (Fsp3) is 0.233. The molecule has 1 amide bonds. The van der Waals surface area contributed by atoms with Crippen molar-refractivity contribution >= 4 is 34.2 Å². The average molecular weight is 512 g/mol. The molecular weight excluding hydrogens is 482 g/mol. The van der Waals surface area contributed by atoms with Crippen LogP contribution in [0.1, 0.15) is 50.2 Å². The Kier molecular flexibility index (Phi) is 6.98. The quantitative estimate of drug-likeness (QED) is 0.265. The number of aryl methyl sites for hydroxylation is 1. The maximum absolute atomic E-state index is 12.9. The van der Waals surface area contributed by atoms with Gasteiger partial charge in [0.1, 0.15) is 0 Å². The average Bonchev–Trinajstić information content (AvgIpc) is 3.25. The lowest BCUT2D eigenvalue weighted by atomic mass is 9.98. The number of rotatable bonds is 5. The molecule has 194 valence electrons. The number of aromatic amines is 1. The number of esters is 1. The van der Waals surface area contributed by atoms with E-state index >= 15 is 0 Å². The van der Waals surface area contributed by atoms with Crippen LogP contribution in [0.25, 0.3) is 10.9 Å². The SMILES string of the molecule is COC(=O)c1cc2[nH]c(O)c(C(=Nc3ccc(C(=O)N4CCCC(O)C4)cc3)c3ccccc3)c2cc1C. The molecule has 1 saturated heterocycles. The smallest absolute Gasteiger partial charge is 0.338 e. The van der Waals surface area contributed by atoms with Crippen LogP contribution in [0.3, 0.4) is 0 Å². The number of aliphatic imine (C=N–C) groups is 1. The van der Waals surface area contributed by atoms with Gasteiger partial charge in [-0.1, -0.05) is 30.3 Å². The number of benzene rings is 3. The summed E-state index contributed by atoms with van der Waals surface area (Å²) in [6.07, 6.45) is 1.01. The van der Waals surface area contributed by atoms with Gasteiger partial charge in [0, 0.05) is 35.1 Å². The van der Waals surface area contributed by atoms with E-state index in [1.165, 1.54) is 7.11 Å². The van der Waals surface area contributed by atoms with Crippen LogP contribution in [-0.4, -0.2) is 64.0 Å². The molecule has 8 nitrogen and oxygen atoms in total. The number of piperidine rings is 1. The van der Waals surface area contributed by atoms with E-state index in [1.807, 2.05) is 43.3 Å². The van der Waals surface area contributed by atoms with Crippen molar-refractivity contribution in [1.29, 1.82) is 0 Å². The van der Waals surface area contributed by atoms with E-state index in [2.05, 4.69) is 4.98 Å². The number of nitrogens with one attached hydrogen (secondary N) is 1. The molecule has 1 aliphatic rings. The number of aromatic hydroxyl groups is 1. The van der Waals surface area contributed by atoms with Gasteiger partial charge in [-0.3, -0.25) is 4.79 Å². The van der Waals surface area contributed by atoms with Crippen molar-refractivity contribution in [3.63, 3.8) is 0 Å². The van der Waals surface area contributed by atoms with Crippen LogP contribution in [0.4, 0.5) is 5.69 Å². The Morgan fingerprint density at radius 3 is 2.47 bits per heavy atom. The van der Waals surface area contributed by atoms with Crippen LogP contribution in [-0.2, 0) is 4.74 Å². The Morgan fingerprint density at radius 1 is 1.05 bits per heavy atom. The van der Waals surface area contributed by atoms with E-state index in [4.69, 9.17) is 9.73 Å². The largest absolute Gasteiger partial charge is 0.494 e. The number of fused-ring (bicyclic) bond motifs is 1. The maximum Gasteiger partial charge on any atom is 0.338 e. The zero-order valence-corrected chi connectivity index (χ0v) is 21.3. The number of methoxy groups -OCH3 is 1. The lowest BCUT2D eigenvalue weighted by Gasteiger charge is -2.30. The molecule has 0 radical (unpaired) electrons. The maximum atomic E-state index is 12.9. The van der Waals surface area contributed by atoms with Crippen LogP contribution in [0, 0.1) is 6.92 Å². The number of aliphatic hydroxyl groups is 1. The predicted octanol–water partition coefficient (Wildman–Crippen LogP) is 4.73. The number of ether oxygens (including phenoxy) is 1. The molecule has 1 aromatic heterocycles. The molecule has 8 heteroatoms. The molecule has 38 heavy (non-hydrogen) atoms. The summed E-state index contributed by atoms with van der Waals surface area (Å²) >= 11 is 0. The Bertz CT molecular complexity index is 1520. The Labute approximate surface area is 220 Å². The third-order valence-electron chi connectivity index (χ3n) is 6.85.